The highest BCUT2D eigenvalue weighted by atomic mass is 16.3. The van der Waals surface area contributed by atoms with Gasteiger partial charge in [-0.15, -0.1) is 0 Å². The minimum absolute atomic E-state index is 0.955. The maximum atomic E-state index is 5.41. The van der Waals surface area contributed by atoms with Crippen molar-refractivity contribution in [3.8, 4) is 0 Å². The monoisotopic (exact) mass is 362 g/mol. The zero-order chi connectivity index (χ0) is 18.6. The standard InChI is InChI=1S/C23H26N2O2/c1-24(16-18-4-6-22-20(14-18)8-12-26-22)10-3-11-25(2)17-19-5-7-23-21(15-19)9-13-27-23/h4-9,12-15H,3,10-11,16-17H2,1-2H3. The average Bonchev–Trinajstić information content (AvgIpc) is 3.29. The van der Waals surface area contributed by atoms with Crippen LogP contribution < -0.4 is 0 Å². The Morgan fingerprint density at radius 1 is 0.667 bits per heavy atom. The predicted octanol–water partition coefficient (Wildman–Crippen LogP) is 5.13. The Balaban J connectivity index is 1.23. The number of furan rings is 2. The van der Waals surface area contributed by atoms with Crippen molar-refractivity contribution in [2.45, 2.75) is 19.5 Å². The first-order chi connectivity index (χ1) is 13.2. The molecule has 0 spiro atoms. The van der Waals surface area contributed by atoms with Crippen LogP contribution in [0.5, 0.6) is 0 Å². The minimum Gasteiger partial charge on any atom is -0.464 e. The molecule has 0 fully saturated rings. The molecule has 0 atom stereocenters. The Labute approximate surface area is 160 Å². The summed E-state index contributed by atoms with van der Waals surface area (Å²) in [5, 5.41) is 2.35. The van der Waals surface area contributed by atoms with Crippen molar-refractivity contribution in [2.24, 2.45) is 0 Å². The summed E-state index contributed by atoms with van der Waals surface area (Å²) in [5.41, 5.74) is 4.56. The quantitative estimate of drug-likeness (QED) is 0.435. The lowest BCUT2D eigenvalue weighted by atomic mass is 10.1. The van der Waals surface area contributed by atoms with E-state index in [4.69, 9.17) is 8.83 Å². The van der Waals surface area contributed by atoms with Crippen molar-refractivity contribution < 1.29 is 8.83 Å². The zero-order valence-electron chi connectivity index (χ0n) is 16.0. The normalized spacial score (nSPS) is 12.0. The van der Waals surface area contributed by atoms with Crippen LogP contribution >= 0.6 is 0 Å². The Bertz CT molecular complexity index is 935. The maximum absolute atomic E-state index is 5.41. The molecular formula is C23H26N2O2. The molecule has 0 radical (unpaired) electrons. The smallest absolute Gasteiger partial charge is 0.133 e. The van der Waals surface area contributed by atoms with Crippen molar-refractivity contribution in [3.05, 3.63) is 72.2 Å². The van der Waals surface area contributed by atoms with Gasteiger partial charge in [0, 0.05) is 23.9 Å². The van der Waals surface area contributed by atoms with Gasteiger partial charge in [0.1, 0.15) is 11.2 Å². The number of nitrogens with zero attached hydrogens (tertiary/aromatic N) is 2. The van der Waals surface area contributed by atoms with Crippen LogP contribution in [0.3, 0.4) is 0 Å². The first-order valence-electron chi connectivity index (χ1n) is 9.47. The van der Waals surface area contributed by atoms with Gasteiger partial charge in [-0.05, 0) is 81.1 Å². The molecule has 2 aromatic heterocycles. The Kier molecular flexibility index (Phi) is 5.28. The highest BCUT2D eigenvalue weighted by molar-refractivity contribution is 5.78. The van der Waals surface area contributed by atoms with E-state index >= 15 is 0 Å². The Morgan fingerprint density at radius 2 is 1.15 bits per heavy atom. The van der Waals surface area contributed by atoms with Crippen LogP contribution in [-0.4, -0.2) is 37.0 Å². The molecule has 0 N–H and O–H groups in total. The van der Waals surface area contributed by atoms with Crippen LogP contribution in [0.2, 0.25) is 0 Å². The lowest BCUT2D eigenvalue weighted by Crippen LogP contribution is -2.25. The largest absolute Gasteiger partial charge is 0.464 e. The van der Waals surface area contributed by atoms with Gasteiger partial charge in [-0.1, -0.05) is 12.1 Å². The first kappa shape index (κ1) is 17.8. The molecule has 0 aliphatic heterocycles. The molecule has 140 valence electrons. The highest BCUT2D eigenvalue weighted by Gasteiger charge is 2.06. The summed E-state index contributed by atoms with van der Waals surface area (Å²) in [6.07, 6.45) is 4.64. The molecule has 4 rings (SSSR count). The van der Waals surface area contributed by atoms with Crippen LogP contribution in [0.4, 0.5) is 0 Å². The molecule has 0 aliphatic rings. The van der Waals surface area contributed by atoms with E-state index in [1.807, 2.05) is 12.1 Å². The van der Waals surface area contributed by atoms with E-state index in [2.05, 4.69) is 60.3 Å². The molecule has 0 amide bonds. The van der Waals surface area contributed by atoms with E-state index in [1.165, 1.54) is 21.9 Å². The number of hydrogen-bond donors (Lipinski definition) is 0. The van der Waals surface area contributed by atoms with E-state index in [0.717, 1.165) is 43.8 Å². The maximum Gasteiger partial charge on any atom is 0.133 e. The molecule has 0 saturated heterocycles. The molecule has 4 heteroatoms. The van der Waals surface area contributed by atoms with Gasteiger partial charge in [0.05, 0.1) is 12.5 Å². The number of hydrogen-bond acceptors (Lipinski definition) is 4. The van der Waals surface area contributed by atoms with Gasteiger partial charge in [-0.25, -0.2) is 0 Å². The first-order valence-corrected chi connectivity index (χ1v) is 9.47. The van der Waals surface area contributed by atoms with Crippen LogP contribution in [-0.2, 0) is 13.1 Å². The molecule has 0 aliphatic carbocycles. The topological polar surface area (TPSA) is 32.8 Å². The molecule has 4 nitrogen and oxygen atoms in total. The van der Waals surface area contributed by atoms with E-state index in [1.54, 1.807) is 12.5 Å². The van der Waals surface area contributed by atoms with Crippen molar-refractivity contribution in [1.29, 1.82) is 0 Å². The van der Waals surface area contributed by atoms with Crippen LogP contribution in [0.25, 0.3) is 21.9 Å². The number of benzene rings is 2. The van der Waals surface area contributed by atoms with E-state index < -0.39 is 0 Å². The summed E-state index contributed by atoms with van der Waals surface area (Å²) in [6.45, 7) is 4.08. The molecule has 0 saturated carbocycles. The van der Waals surface area contributed by atoms with Gasteiger partial charge in [0.2, 0.25) is 0 Å². The molecule has 27 heavy (non-hydrogen) atoms. The van der Waals surface area contributed by atoms with Gasteiger partial charge >= 0.3 is 0 Å². The number of rotatable bonds is 8. The van der Waals surface area contributed by atoms with Gasteiger partial charge in [-0.3, -0.25) is 0 Å². The van der Waals surface area contributed by atoms with Gasteiger partial charge < -0.3 is 18.6 Å². The predicted molar refractivity (Wildman–Crippen MR) is 110 cm³/mol. The van der Waals surface area contributed by atoms with Crippen molar-refractivity contribution in [1.82, 2.24) is 9.80 Å². The second-order valence-electron chi connectivity index (χ2n) is 7.41. The third-order valence-corrected chi connectivity index (χ3v) is 5.02. The summed E-state index contributed by atoms with van der Waals surface area (Å²) < 4.78 is 10.8. The third kappa shape index (κ3) is 4.41. The SMILES string of the molecule is CN(CCCN(C)Cc1ccc2occc2c1)Cc1ccc2occc2c1. The third-order valence-electron chi connectivity index (χ3n) is 5.02. The summed E-state index contributed by atoms with van der Waals surface area (Å²) in [6, 6.07) is 16.9. The second-order valence-corrected chi connectivity index (χ2v) is 7.41. The lowest BCUT2D eigenvalue weighted by molar-refractivity contribution is 0.270. The fourth-order valence-corrected chi connectivity index (χ4v) is 3.62. The second kappa shape index (κ2) is 7.99. The lowest BCUT2D eigenvalue weighted by Gasteiger charge is -2.20. The molecular weight excluding hydrogens is 336 g/mol. The van der Waals surface area contributed by atoms with Crippen molar-refractivity contribution in [2.75, 3.05) is 27.2 Å². The summed E-state index contributed by atoms with van der Waals surface area (Å²) in [7, 11) is 4.37. The number of fused-ring (bicyclic) bond motifs is 2. The minimum atomic E-state index is 0.955. The summed E-state index contributed by atoms with van der Waals surface area (Å²) >= 11 is 0. The zero-order valence-corrected chi connectivity index (χ0v) is 16.0. The molecule has 0 bridgehead atoms. The molecule has 2 aromatic carbocycles. The van der Waals surface area contributed by atoms with E-state index in [9.17, 15) is 0 Å². The molecule has 4 aromatic rings. The molecule has 0 unspecified atom stereocenters. The van der Waals surface area contributed by atoms with Gasteiger partial charge in [0.15, 0.2) is 0 Å². The Hall–Kier alpha value is -2.56. The van der Waals surface area contributed by atoms with E-state index in [-0.39, 0.29) is 0 Å². The van der Waals surface area contributed by atoms with Crippen LogP contribution in [0.1, 0.15) is 17.5 Å². The van der Waals surface area contributed by atoms with Crippen LogP contribution in [0, 0.1) is 0 Å². The summed E-state index contributed by atoms with van der Waals surface area (Å²) in [5.74, 6) is 0. The van der Waals surface area contributed by atoms with Crippen molar-refractivity contribution >= 4 is 21.9 Å². The fraction of sp³-hybridized carbons (Fsp3) is 0.304. The van der Waals surface area contributed by atoms with E-state index in [0.29, 0.717) is 0 Å². The van der Waals surface area contributed by atoms with Crippen LogP contribution in [0.15, 0.2) is 69.9 Å². The fourth-order valence-electron chi connectivity index (χ4n) is 3.62. The van der Waals surface area contributed by atoms with Gasteiger partial charge in [0.25, 0.3) is 0 Å². The average molecular weight is 362 g/mol. The Morgan fingerprint density at radius 3 is 1.63 bits per heavy atom. The van der Waals surface area contributed by atoms with Gasteiger partial charge in [-0.2, -0.15) is 0 Å². The molecule has 2 heterocycles. The summed E-state index contributed by atoms with van der Waals surface area (Å²) in [4.78, 5) is 4.76. The van der Waals surface area contributed by atoms with Crippen molar-refractivity contribution in [3.63, 3.8) is 0 Å². The highest BCUT2D eigenvalue weighted by Crippen LogP contribution is 2.19.